The second-order valence-electron chi connectivity index (χ2n) is 4.96. The standard InChI is InChI=1S/C12H19NO4/c1-8-6-9(7-17-8)11(14)13-5-3-2-4-10(13)12(15)16/h8-10H,2-7H2,1H3,(H,15,16)/t8?,9?,10-/m1/s1. The van der Waals surface area contributed by atoms with Gasteiger partial charge in [-0.25, -0.2) is 4.79 Å². The first kappa shape index (κ1) is 12.4. The Morgan fingerprint density at radius 2 is 2.12 bits per heavy atom. The maximum Gasteiger partial charge on any atom is 0.326 e. The van der Waals surface area contributed by atoms with Crippen molar-refractivity contribution in [1.82, 2.24) is 4.90 Å². The van der Waals surface area contributed by atoms with Crippen molar-refractivity contribution in [3.8, 4) is 0 Å². The molecule has 5 nitrogen and oxygen atoms in total. The van der Waals surface area contributed by atoms with E-state index in [9.17, 15) is 9.59 Å². The molecule has 5 heteroatoms. The SMILES string of the molecule is CC1CC(C(=O)N2CCCC[C@@H]2C(=O)O)CO1. The Morgan fingerprint density at radius 1 is 1.35 bits per heavy atom. The van der Waals surface area contributed by atoms with Crippen LogP contribution < -0.4 is 0 Å². The first-order chi connectivity index (χ1) is 8.09. The summed E-state index contributed by atoms with van der Waals surface area (Å²) in [6, 6.07) is -0.632. The van der Waals surface area contributed by atoms with E-state index < -0.39 is 12.0 Å². The van der Waals surface area contributed by atoms with E-state index in [4.69, 9.17) is 9.84 Å². The van der Waals surface area contributed by atoms with Crippen molar-refractivity contribution in [2.24, 2.45) is 5.92 Å². The van der Waals surface area contributed by atoms with E-state index in [1.165, 1.54) is 4.90 Å². The summed E-state index contributed by atoms with van der Waals surface area (Å²) < 4.78 is 5.38. The zero-order valence-electron chi connectivity index (χ0n) is 10.1. The third-order valence-electron chi connectivity index (χ3n) is 3.62. The number of carboxylic acid groups (broad SMARTS) is 1. The minimum atomic E-state index is -0.884. The van der Waals surface area contributed by atoms with E-state index in [1.54, 1.807) is 0 Å². The van der Waals surface area contributed by atoms with Crippen molar-refractivity contribution < 1.29 is 19.4 Å². The van der Waals surface area contributed by atoms with Crippen molar-refractivity contribution in [1.29, 1.82) is 0 Å². The van der Waals surface area contributed by atoms with Crippen LogP contribution in [0.25, 0.3) is 0 Å². The van der Waals surface area contributed by atoms with Crippen LogP contribution in [-0.2, 0) is 14.3 Å². The molecule has 17 heavy (non-hydrogen) atoms. The lowest BCUT2D eigenvalue weighted by Gasteiger charge is -2.34. The quantitative estimate of drug-likeness (QED) is 0.779. The zero-order chi connectivity index (χ0) is 12.4. The van der Waals surface area contributed by atoms with Crippen LogP contribution in [0.4, 0.5) is 0 Å². The summed E-state index contributed by atoms with van der Waals surface area (Å²) in [5, 5.41) is 9.13. The van der Waals surface area contributed by atoms with Crippen molar-refractivity contribution in [3.05, 3.63) is 0 Å². The maximum absolute atomic E-state index is 12.2. The van der Waals surface area contributed by atoms with Gasteiger partial charge in [-0.3, -0.25) is 4.79 Å². The van der Waals surface area contributed by atoms with Crippen LogP contribution in [0.5, 0.6) is 0 Å². The molecule has 2 heterocycles. The van der Waals surface area contributed by atoms with Gasteiger partial charge in [-0.1, -0.05) is 0 Å². The largest absolute Gasteiger partial charge is 0.480 e. The van der Waals surface area contributed by atoms with Crippen molar-refractivity contribution in [3.63, 3.8) is 0 Å². The number of amides is 1. The Balaban J connectivity index is 2.03. The van der Waals surface area contributed by atoms with Crippen LogP contribution in [0.2, 0.25) is 0 Å². The molecule has 96 valence electrons. The molecular weight excluding hydrogens is 222 g/mol. The third kappa shape index (κ3) is 2.60. The number of piperidine rings is 1. The van der Waals surface area contributed by atoms with Gasteiger partial charge in [0.25, 0.3) is 0 Å². The zero-order valence-corrected chi connectivity index (χ0v) is 10.1. The van der Waals surface area contributed by atoms with E-state index >= 15 is 0 Å². The van der Waals surface area contributed by atoms with Crippen LogP contribution in [0.15, 0.2) is 0 Å². The van der Waals surface area contributed by atoms with Gasteiger partial charge in [-0.2, -0.15) is 0 Å². The molecule has 0 spiro atoms. The third-order valence-corrected chi connectivity index (χ3v) is 3.62. The number of nitrogens with zero attached hydrogens (tertiary/aromatic N) is 1. The van der Waals surface area contributed by atoms with Crippen LogP contribution in [-0.4, -0.2) is 47.2 Å². The van der Waals surface area contributed by atoms with Crippen LogP contribution in [0.3, 0.4) is 0 Å². The van der Waals surface area contributed by atoms with Gasteiger partial charge < -0.3 is 14.7 Å². The second kappa shape index (κ2) is 5.04. The summed E-state index contributed by atoms with van der Waals surface area (Å²) >= 11 is 0. The van der Waals surface area contributed by atoms with Gasteiger partial charge >= 0.3 is 5.97 Å². The van der Waals surface area contributed by atoms with Crippen molar-refractivity contribution >= 4 is 11.9 Å². The average Bonchev–Trinajstić information content (AvgIpc) is 2.75. The molecule has 2 fully saturated rings. The molecule has 1 N–H and O–H groups in total. The molecule has 2 aliphatic rings. The van der Waals surface area contributed by atoms with Crippen LogP contribution >= 0.6 is 0 Å². The normalized spacial score (nSPS) is 33.7. The fourth-order valence-electron chi connectivity index (χ4n) is 2.68. The van der Waals surface area contributed by atoms with Gasteiger partial charge in [0, 0.05) is 6.54 Å². The molecule has 2 aliphatic heterocycles. The minimum absolute atomic E-state index is 0.0403. The molecule has 0 saturated carbocycles. The Bertz CT molecular complexity index is 318. The topological polar surface area (TPSA) is 66.8 Å². The predicted octanol–water partition coefficient (Wildman–Crippen LogP) is 0.877. The first-order valence-electron chi connectivity index (χ1n) is 6.24. The van der Waals surface area contributed by atoms with E-state index in [2.05, 4.69) is 0 Å². The Labute approximate surface area is 101 Å². The highest BCUT2D eigenvalue weighted by Crippen LogP contribution is 2.25. The molecular formula is C12H19NO4. The van der Waals surface area contributed by atoms with E-state index in [0.29, 0.717) is 26.0 Å². The number of hydrogen-bond acceptors (Lipinski definition) is 3. The van der Waals surface area contributed by atoms with Gasteiger partial charge in [0.1, 0.15) is 6.04 Å². The smallest absolute Gasteiger partial charge is 0.326 e. The molecule has 0 bridgehead atoms. The summed E-state index contributed by atoms with van der Waals surface area (Å²) in [6.07, 6.45) is 3.18. The van der Waals surface area contributed by atoms with E-state index in [1.807, 2.05) is 6.92 Å². The molecule has 2 saturated heterocycles. The monoisotopic (exact) mass is 241 g/mol. The number of rotatable bonds is 2. The number of carbonyl (C=O) groups excluding carboxylic acids is 1. The Morgan fingerprint density at radius 3 is 2.71 bits per heavy atom. The van der Waals surface area contributed by atoms with E-state index in [0.717, 1.165) is 12.8 Å². The summed E-state index contributed by atoms with van der Waals surface area (Å²) in [5.74, 6) is -1.07. The number of carbonyl (C=O) groups is 2. The highest BCUT2D eigenvalue weighted by Gasteiger charge is 2.37. The molecule has 0 radical (unpaired) electrons. The average molecular weight is 241 g/mol. The number of likely N-dealkylation sites (tertiary alicyclic amines) is 1. The first-order valence-corrected chi connectivity index (χ1v) is 6.24. The minimum Gasteiger partial charge on any atom is -0.480 e. The van der Waals surface area contributed by atoms with Crippen molar-refractivity contribution in [2.45, 2.75) is 44.8 Å². The molecule has 0 aromatic rings. The highest BCUT2D eigenvalue weighted by atomic mass is 16.5. The summed E-state index contributed by atoms with van der Waals surface area (Å²) in [7, 11) is 0. The van der Waals surface area contributed by atoms with Gasteiger partial charge in [-0.05, 0) is 32.6 Å². The summed E-state index contributed by atoms with van der Waals surface area (Å²) in [5.41, 5.74) is 0. The molecule has 3 atom stereocenters. The summed E-state index contributed by atoms with van der Waals surface area (Å²) in [4.78, 5) is 24.9. The molecule has 2 rings (SSSR count). The van der Waals surface area contributed by atoms with Gasteiger partial charge in [-0.15, -0.1) is 0 Å². The Hall–Kier alpha value is -1.10. The summed E-state index contributed by atoms with van der Waals surface area (Å²) in [6.45, 7) is 2.95. The van der Waals surface area contributed by atoms with Crippen LogP contribution in [0.1, 0.15) is 32.6 Å². The predicted molar refractivity (Wildman–Crippen MR) is 60.5 cm³/mol. The van der Waals surface area contributed by atoms with E-state index in [-0.39, 0.29) is 17.9 Å². The van der Waals surface area contributed by atoms with Crippen molar-refractivity contribution in [2.75, 3.05) is 13.2 Å². The Kier molecular flexibility index (Phi) is 3.66. The lowest BCUT2D eigenvalue weighted by atomic mass is 9.98. The molecule has 1 amide bonds. The highest BCUT2D eigenvalue weighted by molar-refractivity contribution is 5.85. The van der Waals surface area contributed by atoms with Crippen LogP contribution in [0, 0.1) is 5.92 Å². The van der Waals surface area contributed by atoms with Gasteiger partial charge in [0.05, 0.1) is 18.6 Å². The number of aliphatic carboxylic acids is 1. The fourth-order valence-corrected chi connectivity index (χ4v) is 2.68. The molecule has 0 aliphatic carbocycles. The molecule has 2 unspecified atom stereocenters. The lowest BCUT2D eigenvalue weighted by molar-refractivity contribution is -0.153. The maximum atomic E-state index is 12.2. The second-order valence-corrected chi connectivity index (χ2v) is 4.96. The lowest BCUT2D eigenvalue weighted by Crippen LogP contribution is -2.50. The number of ether oxygens (including phenoxy) is 1. The van der Waals surface area contributed by atoms with Gasteiger partial charge in [0.2, 0.25) is 5.91 Å². The fraction of sp³-hybridized carbons (Fsp3) is 0.833. The van der Waals surface area contributed by atoms with Gasteiger partial charge in [0.15, 0.2) is 0 Å². The molecule has 0 aromatic carbocycles. The number of carboxylic acids is 1. The molecule has 0 aromatic heterocycles. The number of hydrogen-bond donors (Lipinski definition) is 1.